The fourth-order valence-electron chi connectivity index (χ4n) is 1.03. The number of aliphatic hydroxyl groups is 1. The van der Waals surface area contributed by atoms with Gasteiger partial charge in [-0.15, -0.1) is 0 Å². The van der Waals surface area contributed by atoms with E-state index < -0.39 is 0 Å². The third-order valence-electron chi connectivity index (χ3n) is 2.22. The van der Waals surface area contributed by atoms with Crippen LogP contribution in [-0.2, 0) is 0 Å². The fraction of sp³-hybridized carbons (Fsp3) is 1.00. The summed E-state index contributed by atoms with van der Waals surface area (Å²) in [7, 11) is 0. The Morgan fingerprint density at radius 2 is 2.00 bits per heavy atom. The first-order valence-corrected chi connectivity index (χ1v) is 6.82. The van der Waals surface area contributed by atoms with E-state index in [1.165, 1.54) is 12.2 Å². The van der Waals surface area contributed by atoms with Crippen molar-refractivity contribution in [3.05, 3.63) is 0 Å². The maximum atomic E-state index is 9.58. The van der Waals surface area contributed by atoms with Gasteiger partial charge in [0, 0.05) is 12.3 Å². The first-order chi connectivity index (χ1) is 6.70. The molecule has 0 radical (unpaired) electrons. The third-order valence-corrected chi connectivity index (χ3v) is 3.64. The highest BCUT2D eigenvalue weighted by Crippen LogP contribution is 2.11. The molecule has 0 spiro atoms. The summed E-state index contributed by atoms with van der Waals surface area (Å²) in [5.41, 5.74) is 0. The molecule has 0 saturated carbocycles. The van der Waals surface area contributed by atoms with Crippen molar-refractivity contribution in [1.29, 1.82) is 0 Å². The van der Waals surface area contributed by atoms with Gasteiger partial charge < -0.3 is 10.4 Å². The monoisotopic (exact) mass is 219 g/mol. The van der Waals surface area contributed by atoms with Gasteiger partial charge in [-0.1, -0.05) is 27.2 Å². The number of aliphatic hydroxyl groups excluding tert-OH is 1. The largest absolute Gasteiger partial charge is 0.391 e. The van der Waals surface area contributed by atoms with Gasteiger partial charge in [0.15, 0.2) is 0 Å². The summed E-state index contributed by atoms with van der Waals surface area (Å²) in [6, 6.07) is 0. The van der Waals surface area contributed by atoms with Gasteiger partial charge in [0.25, 0.3) is 0 Å². The molecule has 2 atom stereocenters. The maximum absolute atomic E-state index is 9.58. The molecule has 0 aliphatic carbocycles. The van der Waals surface area contributed by atoms with Gasteiger partial charge in [-0.3, -0.25) is 0 Å². The van der Waals surface area contributed by atoms with Crippen LogP contribution < -0.4 is 5.32 Å². The number of hydrogen-bond donors (Lipinski definition) is 2. The first-order valence-electron chi connectivity index (χ1n) is 5.67. The highest BCUT2D eigenvalue weighted by atomic mass is 32.2. The van der Waals surface area contributed by atoms with Crippen molar-refractivity contribution in [3.63, 3.8) is 0 Å². The Morgan fingerprint density at radius 1 is 1.29 bits per heavy atom. The summed E-state index contributed by atoms with van der Waals surface area (Å²) in [6.07, 6.45) is 2.18. The van der Waals surface area contributed by atoms with E-state index in [2.05, 4.69) is 26.1 Å². The van der Waals surface area contributed by atoms with E-state index in [0.29, 0.717) is 0 Å². The summed E-state index contributed by atoms with van der Waals surface area (Å²) < 4.78 is 0. The highest BCUT2D eigenvalue weighted by Gasteiger charge is 2.04. The smallest absolute Gasteiger partial charge is 0.0754 e. The van der Waals surface area contributed by atoms with E-state index in [0.717, 1.165) is 31.2 Å². The molecule has 2 unspecified atom stereocenters. The molecule has 86 valence electrons. The molecule has 0 saturated heterocycles. The average molecular weight is 219 g/mol. The van der Waals surface area contributed by atoms with E-state index in [4.69, 9.17) is 0 Å². The Bertz CT molecular complexity index is 122. The average Bonchev–Trinajstić information content (AvgIpc) is 2.18. The SMILES string of the molecule is CCCNCC(O)CSCC(C)CC. The lowest BCUT2D eigenvalue weighted by atomic mass is 10.2. The molecule has 0 aliphatic rings. The summed E-state index contributed by atoms with van der Waals surface area (Å²) >= 11 is 1.86. The van der Waals surface area contributed by atoms with E-state index in [1.807, 2.05) is 11.8 Å². The second kappa shape index (κ2) is 9.81. The van der Waals surface area contributed by atoms with Crippen LogP contribution in [0.4, 0.5) is 0 Å². The quantitative estimate of drug-likeness (QED) is 0.583. The summed E-state index contributed by atoms with van der Waals surface area (Å²) in [5, 5.41) is 12.8. The van der Waals surface area contributed by atoms with E-state index >= 15 is 0 Å². The van der Waals surface area contributed by atoms with Gasteiger partial charge in [0.2, 0.25) is 0 Å². The highest BCUT2D eigenvalue weighted by molar-refractivity contribution is 7.99. The predicted molar refractivity (Wildman–Crippen MR) is 65.9 cm³/mol. The molecule has 0 rings (SSSR count). The van der Waals surface area contributed by atoms with Crippen LogP contribution in [0.15, 0.2) is 0 Å². The van der Waals surface area contributed by atoms with Crippen molar-refractivity contribution >= 4 is 11.8 Å². The van der Waals surface area contributed by atoms with Gasteiger partial charge >= 0.3 is 0 Å². The second-order valence-electron chi connectivity index (χ2n) is 3.91. The van der Waals surface area contributed by atoms with Crippen molar-refractivity contribution < 1.29 is 5.11 Å². The van der Waals surface area contributed by atoms with Crippen LogP contribution in [0.5, 0.6) is 0 Å². The lowest BCUT2D eigenvalue weighted by Crippen LogP contribution is -2.29. The summed E-state index contributed by atoms with van der Waals surface area (Å²) in [4.78, 5) is 0. The molecule has 0 heterocycles. The van der Waals surface area contributed by atoms with Gasteiger partial charge in [0.1, 0.15) is 0 Å². The normalized spacial score (nSPS) is 15.4. The second-order valence-corrected chi connectivity index (χ2v) is 4.98. The molecule has 0 amide bonds. The minimum absolute atomic E-state index is 0.185. The van der Waals surface area contributed by atoms with Gasteiger partial charge in [0.05, 0.1) is 6.10 Å². The van der Waals surface area contributed by atoms with Crippen LogP contribution in [-0.4, -0.2) is 35.8 Å². The van der Waals surface area contributed by atoms with Crippen molar-refractivity contribution in [2.24, 2.45) is 5.92 Å². The molecule has 0 aromatic rings. The van der Waals surface area contributed by atoms with Gasteiger partial charge in [-0.05, 0) is 24.6 Å². The Kier molecular flexibility index (Phi) is 10.0. The van der Waals surface area contributed by atoms with Crippen LogP contribution in [0, 0.1) is 5.92 Å². The van der Waals surface area contributed by atoms with Crippen LogP contribution in [0.2, 0.25) is 0 Å². The maximum Gasteiger partial charge on any atom is 0.0754 e. The lowest BCUT2D eigenvalue weighted by molar-refractivity contribution is 0.196. The van der Waals surface area contributed by atoms with Crippen molar-refractivity contribution in [2.45, 2.75) is 39.7 Å². The molecule has 14 heavy (non-hydrogen) atoms. The lowest BCUT2D eigenvalue weighted by Gasteiger charge is -2.12. The van der Waals surface area contributed by atoms with Gasteiger partial charge in [-0.2, -0.15) is 11.8 Å². The van der Waals surface area contributed by atoms with Gasteiger partial charge in [-0.25, -0.2) is 0 Å². The van der Waals surface area contributed by atoms with Crippen LogP contribution >= 0.6 is 11.8 Å². The molecule has 0 bridgehead atoms. The fourth-order valence-corrected chi connectivity index (χ4v) is 2.19. The molecule has 0 aromatic heterocycles. The minimum atomic E-state index is -0.185. The molecule has 0 aliphatic heterocycles. The predicted octanol–water partition coefficient (Wildman–Crippen LogP) is 2.13. The topological polar surface area (TPSA) is 32.3 Å². The standard InChI is InChI=1S/C11H25NOS/c1-4-6-12-7-11(13)9-14-8-10(3)5-2/h10-13H,4-9H2,1-3H3. The Labute approximate surface area is 92.9 Å². The van der Waals surface area contributed by atoms with Crippen LogP contribution in [0.3, 0.4) is 0 Å². The summed E-state index contributed by atoms with van der Waals surface area (Å²) in [6.45, 7) is 8.35. The van der Waals surface area contributed by atoms with E-state index in [1.54, 1.807) is 0 Å². The Balaban J connectivity index is 3.21. The zero-order chi connectivity index (χ0) is 10.8. The number of nitrogens with one attached hydrogen (secondary N) is 1. The molecule has 2 N–H and O–H groups in total. The number of hydrogen-bond acceptors (Lipinski definition) is 3. The third kappa shape index (κ3) is 8.85. The van der Waals surface area contributed by atoms with Crippen LogP contribution in [0.1, 0.15) is 33.6 Å². The van der Waals surface area contributed by atoms with E-state index in [9.17, 15) is 5.11 Å². The van der Waals surface area contributed by atoms with Crippen molar-refractivity contribution in [3.8, 4) is 0 Å². The zero-order valence-electron chi connectivity index (χ0n) is 9.75. The first kappa shape index (κ1) is 14.3. The minimum Gasteiger partial charge on any atom is -0.391 e. The Morgan fingerprint density at radius 3 is 2.57 bits per heavy atom. The molecular formula is C11H25NOS. The van der Waals surface area contributed by atoms with Crippen molar-refractivity contribution in [2.75, 3.05) is 24.6 Å². The van der Waals surface area contributed by atoms with Crippen molar-refractivity contribution in [1.82, 2.24) is 5.32 Å². The molecule has 3 heteroatoms. The molecular weight excluding hydrogens is 194 g/mol. The Hall–Kier alpha value is 0.270. The number of rotatable bonds is 9. The number of thioether (sulfide) groups is 1. The molecule has 0 aromatic carbocycles. The zero-order valence-corrected chi connectivity index (χ0v) is 10.6. The molecule has 0 fully saturated rings. The summed E-state index contributed by atoms with van der Waals surface area (Å²) in [5.74, 6) is 2.80. The van der Waals surface area contributed by atoms with Crippen LogP contribution in [0.25, 0.3) is 0 Å². The molecule has 2 nitrogen and oxygen atoms in total. The van der Waals surface area contributed by atoms with E-state index in [-0.39, 0.29) is 6.10 Å².